The van der Waals surface area contributed by atoms with Crippen LogP contribution in [0.1, 0.15) is 27.2 Å². The number of nitrogens with two attached hydrogens (primary N) is 1. The SMILES string of the molecule is Cc1nc(C(N)c2ccccc2OC(F)(F)F)sc1C. The Morgan fingerprint density at radius 3 is 2.45 bits per heavy atom. The molecule has 0 aliphatic carbocycles. The van der Waals surface area contributed by atoms with Crippen LogP contribution in [-0.2, 0) is 0 Å². The smallest absolute Gasteiger partial charge is 0.405 e. The molecule has 0 fully saturated rings. The van der Waals surface area contributed by atoms with E-state index in [1.54, 1.807) is 6.07 Å². The Labute approximate surface area is 118 Å². The van der Waals surface area contributed by atoms with Gasteiger partial charge >= 0.3 is 6.36 Å². The number of aryl methyl sites for hydroxylation is 2. The van der Waals surface area contributed by atoms with Gasteiger partial charge in [0.1, 0.15) is 10.8 Å². The van der Waals surface area contributed by atoms with E-state index in [0.717, 1.165) is 10.6 Å². The lowest BCUT2D eigenvalue weighted by Gasteiger charge is -2.16. The van der Waals surface area contributed by atoms with Gasteiger partial charge in [-0.2, -0.15) is 0 Å². The van der Waals surface area contributed by atoms with Crippen LogP contribution in [0.4, 0.5) is 13.2 Å². The fraction of sp³-hybridized carbons (Fsp3) is 0.308. The summed E-state index contributed by atoms with van der Waals surface area (Å²) in [6.07, 6.45) is -4.75. The Morgan fingerprint density at radius 1 is 1.25 bits per heavy atom. The van der Waals surface area contributed by atoms with E-state index < -0.39 is 12.4 Å². The lowest BCUT2D eigenvalue weighted by Crippen LogP contribution is -2.20. The predicted molar refractivity (Wildman–Crippen MR) is 70.7 cm³/mol. The Kier molecular flexibility index (Phi) is 4.01. The zero-order valence-electron chi connectivity index (χ0n) is 10.9. The fourth-order valence-electron chi connectivity index (χ4n) is 1.72. The molecule has 1 aromatic heterocycles. The summed E-state index contributed by atoms with van der Waals surface area (Å²) >= 11 is 1.37. The molecule has 1 heterocycles. The molecule has 1 unspecified atom stereocenters. The van der Waals surface area contributed by atoms with E-state index in [1.165, 1.54) is 29.5 Å². The van der Waals surface area contributed by atoms with Gasteiger partial charge in [-0.3, -0.25) is 0 Å². The van der Waals surface area contributed by atoms with Crippen LogP contribution in [0, 0.1) is 13.8 Å². The van der Waals surface area contributed by atoms with Crippen molar-refractivity contribution in [1.29, 1.82) is 0 Å². The van der Waals surface area contributed by atoms with Crippen LogP contribution in [-0.4, -0.2) is 11.3 Å². The van der Waals surface area contributed by atoms with Gasteiger partial charge in [0, 0.05) is 10.4 Å². The number of rotatable bonds is 3. The number of thiazole rings is 1. The average molecular weight is 302 g/mol. The lowest BCUT2D eigenvalue weighted by atomic mass is 10.1. The molecule has 1 atom stereocenters. The predicted octanol–water partition coefficient (Wildman–Crippen LogP) is 3.71. The third-order valence-corrected chi connectivity index (χ3v) is 3.95. The molecule has 20 heavy (non-hydrogen) atoms. The zero-order chi connectivity index (χ0) is 14.9. The minimum atomic E-state index is -4.75. The summed E-state index contributed by atoms with van der Waals surface area (Å²) in [5, 5.41) is 0.568. The van der Waals surface area contributed by atoms with Crippen LogP contribution < -0.4 is 10.5 Å². The normalized spacial score (nSPS) is 13.3. The molecule has 0 bridgehead atoms. The third-order valence-electron chi connectivity index (χ3n) is 2.79. The molecular formula is C13H13F3N2OS. The Bertz CT molecular complexity index is 590. The molecule has 3 nitrogen and oxygen atoms in total. The average Bonchev–Trinajstić information content (AvgIpc) is 2.67. The van der Waals surface area contributed by atoms with Gasteiger partial charge in [0.2, 0.25) is 0 Å². The third kappa shape index (κ3) is 3.29. The molecule has 108 valence electrons. The van der Waals surface area contributed by atoms with Gasteiger partial charge in [0.25, 0.3) is 0 Å². The molecule has 2 aromatic rings. The molecular weight excluding hydrogens is 289 g/mol. The maximum atomic E-state index is 12.4. The number of hydrogen-bond acceptors (Lipinski definition) is 4. The van der Waals surface area contributed by atoms with Crippen LogP contribution in [0.25, 0.3) is 0 Å². The van der Waals surface area contributed by atoms with Crippen molar-refractivity contribution in [1.82, 2.24) is 4.98 Å². The van der Waals surface area contributed by atoms with Crippen molar-refractivity contribution in [3.8, 4) is 5.75 Å². The molecule has 0 amide bonds. The van der Waals surface area contributed by atoms with Gasteiger partial charge in [-0.25, -0.2) is 4.98 Å². The van der Waals surface area contributed by atoms with Crippen LogP contribution in [0.5, 0.6) is 5.75 Å². The first kappa shape index (κ1) is 14.8. The zero-order valence-corrected chi connectivity index (χ0v) is 11.7. The highest BCUT2D eigenvalue weighted by Crippen LogP contribution is 2.34. The van der Waals surface area contributed by atoms with Crippen molar-refractivity contribution < 1.29 is 17.9 Å². The van der Waals surface area contributed by atoms with Crippen molar-refractivity contribution in [3.05, 3.63) is 45.4 Å². The van der Waals surface area contributed by atoms with Gasteiger partial charge in [0.15, 0.2) is 0 Å². The molecule has 0 aliphatic heterocycles. The molecule has 1 aromatic carbocycles. The topological polar surface area (TPSA) is 48.1 Å². The summed E-state index contributed by atoms with van der Waals surface area (Å²) in [5.74, 6) is -0.294. The van der Waals surface area contributed by atoms with Crippen molar-refractivity contribution in [2.75, 3.05) is 0 Å². The molecule has 0 spiro atoms. The first-order chi connectivity index (χ1) is 9.28. The van der Waals surface area contributed by atoms with Gasteiger partial charge in [-0.15, -0.1) is 24.5 Å². The van der Waals surface area contributed by atoms with Crippen molar-refractivity contribution >= 4 is 11.3 Å². The molecule has 0 aliphatic rings. The highest BCUT2D eigenvalue weighted by molar-refractivity contribution is 7.11. The number of halogens is 3. The molecule has 0 radical (unpaired) electrons. The number of aromatic nitrogens is 1. The van der Waals surface area contributed by atoms with Crippen LogP contribution >= 0.6 is 11.3 Å². The van der Waals surface area contributed by atoms with E-state index in [4.69, 9.17) is 5.73 Å². The minimum absolute atomic E-state index is 0.263. The monoisotopic (exact) mass is 302 g/mol. The van der Waals surface area contributed by atoms with E-state index in [1.807, 2.05) is 13.8 Å². The lowest BCUT2D eigenvalue weighted by molar-refractivity contribution is -0.274. The fourth-order valence-corrected chi connectivity index (χ4v) is 2.66. The summed E-state index contributed by atoms with van der Waals surface area (Å²) in [4.78, 5) is 5.27. The maximum absolute atomic E-state index is 12.4. The van der Waals surface area contributed by atoms with Gasteiger partial charge < -0.3 is 10.5 Å². The van der Waals surface area contributed by atoms with Crippen LogP contribution in [0.15, 0.2) is 24.3 Å². The first-order valence-electron chi connectivity index (χ1n) is 5.82. The van der Waals surface area contributed by atoms with Crippen molar-refractivity contribution in [2.45, 2.75) is 26.3 Å². The summed E-state index contributed by atoms with van der Waals surface area (Å²) in [6.45, 7) is 3.72. The second-order valence-corrected chi connectivity index (χ2v) is 5.49. The summed E-state index contributed by atoms with van der Waals surface area (Å²) in [5.41, 5.74) is 7.11. The van der Waals surface area contributed by atoms with Crippen molar-refractivity contribution in [3.63, 3.8) is 0 Å². The molecule has 0 saturated heterocycles. The van der Waals surface area contributed by atoms with Crippen LogP contribution in [0.3, 0.4) is 0 Å². The summed E-state index contributed by atoms with van der Waals surface area (Å²) in [6, 6.07) is 5.10. The maximum Gasteiger partial charge on any atom is 0.573 e. The minimum Gasteiger partial charge on any atom is -0.405 e. The number of alkyl halides is 3. The van der Waals surface area contributed by atoms with E-state index in [2.05, 4.69) is 9.72 Å². The number of hydrogen-bond donors (Lipinski definition) is 1. The number of benzene rings is 1. The Hall–Kier alpha value is -1.60. The van der Waals surface area contributed by atoms with Gasteiger partial charge in [-0.05, 0) is 19.9 Å². The van der Waals surface area contributed by atoms with E-state index in [9.17, 15) is 13.2 Å². The standard InChI is InChI=1S/C13H13F3N2OS/c1-7-8(2)20-12(18-7)11(17)9-5-3-4-6-10(9)19-13(14,15)16/h3-6,11H,17H2,1-2H3. The molecule has 0 saturated carbocycles. The van der Waals surface area contributed by atoms with Gasteiger partial charge in [-0.1, -0.05) is 18.2 Å². The largest absolute Gasteiger partial charge is 0.573 e. The summed E-state index contributed by atoms with van der Waals surface area (Å²) < 4.78 is 41.1. The highest BCUT2D eigenvalue weighted by Gasteiger charge is 2.33. The molecule has 7 heteroatoms. The molecule has 2 N–H and O–H groups in total. The van der Waals surface area contributed by atoms with E-state index in [0.29, 0.717) is 5.01 Å². The van der Waals surface area contributed by atoms with Gasteiger partial charge in [0.05, 0.1) is 11.7 Å². The number of ether oxygens (including phenoxy) is 1. The van der Waals surface area contributed by atoms with E-state index >= 15 is 0 Å². The van der Waals surface area contributed by atoms with Crippen LogP contribution in [0.2, 0.25) is 0 Å². The van der Waals surface area contributed by atoms with Crippen molar-refractivity contribution in [2.24, 2.45) is 5.73 Å². The highest BCUT2D eigenvalue weighted by atomic mass is 32.1. The van der Waals surface area contributed by atoms with E-state index in [-0.39, 0.29) is 11.3 Å². The molecule has 2 rings (SSSR count). The first-order valence-corrected chi connectivity index (χ1v) is 6.64. The Balaban J connectivity index is 2.37. The number of para-hydroxylation sites is 1. The number of nitrogens with zero attached hydrogens (tertiary/aromatic N) is 1. The quantitative estimate of drug-likeness (QED) is 0.940. The summed E-state index contributed by atoms with van der Waals surface area (Å²) in [7, 11) is 0. The second-order valence-electron chi connectivity index (χ2n) is 4.26. The Morgan fingerprint density at radius 2 is 1.90 bits per heavy atom. The second kappa shape index (κ2) is 5.41.